The molecule has 0 bridgehead atoms. The first-order chi connectivity index (χ1) is 19.3. The van der Waals surface area contributed by atoms with E-state index in [9.17, 15) is 14.4 Å². The summed E-state index contributed by atoms with van der Waals surface area (Å²) in [7, 11) is -3.98. The van der Waals surface area contributed by atoms with Crippen LogP contribution in [-0.2, 0) is 4.57 Å². The van der Waals surface area contributed by atoms with E-state index in [-0.39, 0.29) is 6.16 Å². The molecule has 11 nitrogen and oxygen atoms in total. The Morgan fingerprint density at radius 3 is 2.40 bits per heavy atom. The fraction of sp³-hybridized carbons (Fsp3) is 0.857. The van der Waals surface area contributed by atoms with Crippen molar-refractivity contribution in [3.63, 3.8) is 0 Å². The molecular formula is C28H53N8O3P. The lowest BCUT2D eigenvalue weighted by Gasteiger charge is -2.29. The minimum absolute atomic E-state index is 0.0992. The van der Waals surface area contributed by atoms with Crippen molar-refractivity contribution in [1.82, 2.24) is 25.5 Å². The van der Waals surface area contributed by atoms with E-state index >= 15 is 0 Å². The van der Waals surface area contributed by atoms with Gasteiger partial charge in [-0.3, -0.25) is 4.57 Å². The lowest BCUT2D eigenvalue weighted by atomic mass is 9.82. The minimum Gasteiger partial charge on any atom is -0.383 e. The van der Waals surface area contributed by atoms with E-state index in [0.717, 1.165) is 76.6 Å². The van der Waals surface area contributed by atoms with Gasteiger partial charge >= 0.3 is 7.60 Å². The number of hydrogen-bond donors (Lipinski definition) is 6. The van der Waals surface area contributed by atoms with Crippen LogP contribution in [0.1, 0.15) is 70.6 Å². The monoisotopic (exact) mass is 580 g/mol. The molecule has 0 radical (unpaired) electrons. The maximum atomic E-state index is 11.2. The number of nitrogens with two attached hydrogens (primary N) is 1. The summed E-state index contributed by atoms with van der Waals surface area (Å²) in [5.74, 6) is 3.27. The molecule has 4 rings (SSSR count). The van der Waals surface area contributed by atoms with Crippen LogP contribution in [0.3, 0.4) is 0 Å². The van der Waals surface area contributed by atoms with E-state index in [1.807, 2.05) is 6.07 Å². The predicted octanol–water partition coefficient (Wildman–Crippen LogP) is 2.87. The van der Waals surface area contributed by atoms with Crippen molar-refractivity contribution >= 4 is 25.2 Å². The van der Waals surface area contributed by atoms with Gasteiger partial charge in [-0.25, -0.2) is 0 Å². The molecule has 1 aliphatic heterocycles. The Hall–Kier alpha value is -1.49. The van der Waals surface area contributed by atoms with E-state index < -0.39 is 7.60 Å². The smallest absolute Gasteiger partial charge is 0.326 e. The van der Waals surface area contributed by atoms with Crippen molar-refractivity contribution in [2.45, 2.75) is 76.7 Å². The van der Waals surface area contributed by atoms with E-state index in [1.165, 1.54) is 64.2 Å². The van der Waals surface area contributed by atoms with Gasteiger partial charge in [0, 0.05) is 44.8 Å². The van der Waals surface area contributed by atoms with Crippen LogP contribution < -0.4 is 26.6 Å². The Morgan fingerprint density at radius 2 is 1.65 bits per heavy atom. The van der Waals surface area contributed by atoms with Crippen LogP contribution in [-0.4, -0.2) is 95.8 Å². The first-order valence-corrected chi connectivity index (χ1v) is 17.5. The first-order valence-electron chi connectivity index (χ1n) is 15.7. The molecule has 12 heteroatoms. The summed E-state index contributed by atoms with van der Waals surface area (Å²) < 4.78 is 11.2. The largest absolute Gasteiger partial charge is 0.383 e. The third-order valence-corrected chi connectivity index (χ3v) is 9.65. The fourth-order valence-corrected chi connectivity index (χ4v) is 6.94. The van der Waals surface area contributed by atoms with Crippen LogP contribution >= 0.6 is 7.60 Å². The van der Waals surface area contributed by atoms with Crippen molar-refractivity contribution in [2.75, 3.05) is 81.0 Å². The molecule has 0 aromatic carbocycles. The van der Waals surface area contributed by atoms with Crippen LogP contribution in [0.5, 0.6) is 0 Å². The zero-order chi connectivity index (χ0) is 28.2. The van der Waals surface area contributed by atoms with E-state index in [1.54, 1.807) is 0 Å². The highest BCUT2D eigenvalue weighted by atomic mass is 31.2. The van der Waals surface area contributed by atoms with Crippen LogP contribution in [0, 0.1) is 11.8 Å². The summed E-state index contributed by atoms with van der Waals surface area (Å²) in [5.41, 5.74) is 6.14. The molecule has 228 valence electrons. The number of aromatic nitrogens is 2. The maximum Gasteiger partial charge on any atom is 0.326 e. The molecule has 3 aliphatic rings. The van der Waals surface area contributed by atoms with E-state index in [4.69, 9.17) is 10.7 Å². The van der Waals surface area contributed by atoms with Gasteiger partial charge in [0.1, 0.15) is 11.6 Å². The minimum atomic E-state index is -3.98. The molecule has 2 saturated carbocycles. The lowest BCUT2D eigenvalue weighted by Crippen LogP contribution is -2.34. The summed E-state index contributed by atoms with van der Waals surface area (Å²) >= 11 is 0. The molecule has 7 N–H and O–H groups in total. The number of nitrogen functional groups attached to an aromatic ring is 1. The Balaban J connectivity index is 1.11. The topological polar surface area (TPSA) is 152 Å². The van der Waals surface area contributed by atoms with Crippen LogP contribution in [0.25, 0.3) is 0 Å². The summed E-state index contributed by atoms with van der Waals surface area (Å²) in [5, 5.41) is 10.9. The fourth-order valence-electron chi connectivity index (χ4n) is 6.40. The molecule has 40 heavy (non-hydrogen) atoms. The van der Waals surface area contributed by atoms with E-state index in [0.29, 0.717) is 24.2 Å². The first kappa shape index (κ1) is 31.4. The Bertz CT molecular complexity index is 921. The SMILES string of the molecule is Nc1cc(N2CCCN(CCP(=O)(O)O)CC2)nc(NCC2CCC(CNCCCNC3CCCCC3)CC2)n1. The van der Waals surface area contributed by atoms with Gasteiger partial charge in [-0.1, -0.05) is 19.3 Å². The zero-order valence-corrected chi connectivity index (χ0v) is 25.2. The summed E-state index contributed by atoms with van der Waals surface area (Å²) in [6.07, 6.45) is 14.0. The van der Waals surface area contributed by atoms with Gasteiger partial charge in [0.05, 0.1) is 6.16 Å². The number of rotatable bonds is 14. The normalized spacial score (nSPS) is 23.7. The zero-order valence-electron chi connectivity index (χ0n) is 24.3. The van der Waals surface area contributed by atoms with Crippen LogP contribution in [0.15, 0.2) is 6.07 Å². The van der Waals surface area contributed by atoms with E-state index in [2.05, 4.69) is 30.7 Å². The molecule has 3 fully saturated rings. The van der Waals surface area contributed by atoms with Crippen molar-refractivity contribution < 1.29 is 14.4 Å². The summed E-state index contributed by atoms with van der Waals surface area (Å²) in [6.45, 7) is 7.79. The molecule has 0 atom stereocenters. The second-order valence-electron chi connectivity index (χ2n) is 12.2. The van der Waals surface area contributed by atoms with Crippen LogP contribution in [0.4, 0.5) is 17.6 Å². The quantitative estimate of drug-likeness (QED) is 0.142. The third kappa shape index (κ3) is 11.4. The highest BCUT2D eigenvalue weighted by Crippen LogP contribution is 2.34. The average molecular weight is 581 g/mol. The number of nitrogens with zero attached hydrogens (tertiary/aromatic N) is 4. The molecule has 2 heterocycles. The highest BCUT2D eigenvalue weighted by Gasteiger charge is 2.23. The Morgan fingerprint density at radius 1 is 0.900 bits per heavy atom. The Labute approximate surface area is 240 Å². The molecule has 1 saturated heterocycles. The number of anilines is 3. The highest BCUT2D eigenvalue weighted by molar-refractivity contribution is 7.51. The molecule has 0 spiro atoms. The molecule has 2 aliphatic carbocycles. The standard InChI is InChI=1S/C28H53N8O3P/c29-26-20-27(36-15-5-14-35(16-17-36)18-19-40(37,38)39)34-28(33-26)32-22-24-10-8-23(9-11-24)21-30-12-4-13-31-25-6-2-1-3-7-25/h20,23-25,30-31H,1-19,21-22H2,(H2,37,38,39)(H3,29,32,33,34). The van der Waals surface area contributed by atoms with Crippen molar-refractivity contribution in [2.24, 2.45) is 11.8 Å². The summed E-state index contributed by atoms with van der Waals surface area (Å²) in [6, 6.07) is 2.58. The van der Waals surface area contributed by atoms with Gasteiger partial charge in [-0.05, 0) is 89.4 Å². The van der Waals surface area contributed by atoms with Crippen LogP contribution in [0.2, 0.25) is 0 Å². The van der Waals surface area contributed by atoms with Gasteiger partial charge in [-0.2, -0.15) is 9.97 Å². The van der Waals surface area contributed by atoms with Gasteiger partial charge < -0.3 is 41.3 Å². The van der Waals surface area contributed by atoms with Crippen molar-refractivity contribution in [3.8, 4) is 0 Å². The number of nitrogens with one attached hydrogen (secondary N) is 3. The number of hydrogen-bond acceptors (Lipinski definition) is 9. The second-order valence-corrected chi connectivity index (χ2v) is 13.9. The van der Waals surface area contributed by atoms with Gasteiger partial charge in [0.15, 0.2) is 0 Å². The van der Waals surface area contributed by atoms with Crippen molar-refractivity contribution in [1.29, 1.82) is 0 Å². The van der Waals surface area contributed by atoms with Gasteiger partial charge in [0.25, 0.3) is 0 Å². The Kier molecular flexibility index (Phi) is 12.8. The third-order valence-electron chi connectivity index (χ3n) is 8.87. The molecule has 0 amide bonds. The molecule has 1 aromatic heterocycles. The second kappa shape index (κ2) is 16.2. The predicted molar refractivity (Wildman–Crippen MR) is 163 cm³/mol. The molecule has 0 unspecified atom stereocenters. The molecule has 1 aromatic rings. The maximum absolute atomic E-state index is 11.2. The van der Waals surface area contributed by atoms with Gasteiger partial charge in [0.2, 0.25) is 5.95 Å². The van der Waals surface area contributed by atoms with Gasteiger partial charge in [-0.15, -0.1) is 0 Å². The average Bonchev–Trinajstić information content (AvgIpc) is 3.19. The lowest BCUT2D eigenvalue weighted by molar-refractivity contribution is 0.275. The summed E-state index contributed by atoms with van der Waals surface area (Å²) in [4.78, 5) is 31.9. The molecular weight excluding hydrogens is 527 g/mol. The van der Waals surface area contributed by atoms with Crippen molar-refractivity contribution in [3.05, 3.63) is 6.07 Å².